The van der Waals surface area contributed by atoms with E-state index in [4.69, 9.17) is 32.7 Å². The van der Waals surface area contributed by atoms with Gasteiger partial charge in [-0.1, -0.05) is 23.2 Å². The average Bonchev–Trinajstić information content (AvgIpc) is 2.48. The minimum absolute atomic E-state index is 0.0352. The highest BCUT2D eigenvalue weighted by molar-refractivity contribution is 6.32. The van der Waals surface area contributed by atoms with E-state index in [1.807, 2.05) is 0 Å². The number of nitrogens with zero attached hydrogens (tertiary/aromatic N) is 2. The van der Waals surface area contributed by atoms with Gasteiger partial charge in [-0.05, 0) is 24.3 Å². The fourth-order valence-corrected chi connectivity index (χ4v) is 1.92. The van der Waals surface area contributed by atoms with Crippen LogP contribution in [0.1, 0.15) is 5.69 Å². The van der Waals surface area contributed by atoms with Crippen molar-refractivity contribution in [1.82, 2.24) is 4.98 Å². The standard InChI is InChI=1S/C13H10Cl2N2O4/c1-20-8-2-4-12(11(6-8)17(18)19)21-7-10-9(14)3-5-13(15)16-10/h2-6H,7H2,1H3. The number of halogens is 2. The normalized spacial score (nSPS) is 10.2. The molecule has 2 aromatic rings. The Bertz CT molecular complexity index is 679. The molecule has 0 unspecified atom stereocenters. The monoisotopic (exact) mass is 328 g/mol. The highest BCUT2D eigenvalue weighted by Crippen LogP contribution is 2.32. The van der Waals surface area contributed by atoms with Crippen LogP contribution in [0.3, 0.4) is 0 Å². The Balaban J connectivity index is 2.23. The molecule has 2 rings (SSSR count). The number of hydrogen-bond acceptors (Lipinski definition) is 5. The van der Waals surface area contributed by atoms with E-state index in [1.165, 1.54) is 19.2 Å². The molecular formula is C13H10Cl2N2O4. The van der Waals surface area contributed by atoms with Crippen LogP contribution in [-0.2, 0) is 6.61 Å². The minimum atomic E-state index is -0.551. The van der Waals surface area contributed by atoms with Crippen LogP contribution in [0.25, 0.3) is 0 Å². The topological polar surface area (TPSA) is 74.5 Å². The molecule has 1 aromatic heterocycles. The molecule has 0 aliphatic heterocycles. The SMILES string of the molecule is COc1ccc(OCc2nc(Cl)ccc2Cl)c([N+](=O)[O-])c1. The zero-order valence-corrected chi connectivity index (χ0v) is 12.4. The van der Waals surface area contributed by atoms with Gasteiger partial charge in [0.2, 0.25) is 0 Å². The molecule has 0 bridgehead atoms. The summed E-state index contributed by atoms with van der Waals surface area (Å²) < 4.78 is 10.4. The Labute approximate surface area is 130 Å². The second kappa shape index (κ2) is 6.60. The van der Waals surface area contributed by atoms with Gasteiger partial charge in [-0.25, -0.2) is 4.98 Å². The molecule has 0 saturated heterocycles. The molecule has 0 aliphatic rings. The van der Waals surface area contributed by atoms with E-state index in [9.17, 15) is 10.1 Å². The van der Waals surface area contributed by atoms with Crippen molar-refractivity contribution in [2.24, 2.45) is 0 Å². The molecule has 8 heteroatoms. The van der Waals surface area contributed by atoms with Gasteiger partial charge in [0.1, 0.15) is 17.5 Å². The molecule has 0 spiro atoms. The Morgan fingerprint density at radius 1 is 1.29 bits per heavy atom. The second-order valence-corrected chi connectivity index (χ2v) is 4.74. The predicted octanol–water partition coefficient (Wildman–Crippen LogP) is 3.88. The van der Waals surface area contributed by atoms with Gasteiger partial charge in [0.25, 0.3) is 0 Å². The second-order valence-electron chi connectivity index (χ2n) is 3.94. The van der Waals surface area contributed by atoms with E-state index in [0.717, 1.165) is 0 Å². The molecule has 0 fully saturated rings. The summed E-state index contributed by atoms with van der Waals surface area (Å²) in [7, 11) is 1.43. The van der Waals surface area contributed by atoms with Crippen LogP contribution in [0.5, 0.6) is 11.5 Å². The molecule has 0 saturated carbocycles. The summed E-state index contributed by atoms with van der Waals surface area (Å²) in [6.07, 6.45) is 0. The summed E-state index contributed by atoms with van der Waals surface area (Å²) in [6, 6.07) is 7.42. The first-order valence-corrected chi connectivity index (χ1v) is 6.53. The zero-order valence-electron chi connectivity index (χ0n) is 10.9. The van der Waals surface area contributed by atoms with E-state index in [1.54, 1.807) is 18.2 Å². The summed E-state index contributed by atoms with van der Waals surface area (Å²) in [5.41, 5.74) is 0.196. The number of nitro benzene ring substituents is 1. The highest BCUT2D eigenvalue weighted by Gasteiger charge is 2.17. The van der Waals surface area contributed by atoms with Gasteiger partial charge < -0.3 is 9.47 Å². The van der Waals surface area contributed by atoms with Crippen LogP contribution in [-0.4, -0.2) is 17.0 Å². The summed E-state index contributed by atoms with van der Waals surface area (Å²) in [5.74, 6) is 0.464. The smallest absolute Gasteiger partial charge is 0.314 e. The van der Waals surface area contributed by atoms with Gasteiger partial charge in [-0.3, -0.25) is 10.1 Å². The first-order valence-electron chi connectivity index (χ1n) is 5.77. The van der Waals surface area contributed by atoms with Crippen molar-refractivity contribution in [3.8, 4) is 11.5 Å². The number of nitro groups is 1. The first-order chi connectivity index (χ1) is 10.0. The average molecular weight is 329 g/mol. The van der Waals surface area contributed by atoms with E-state index < -0.39 is 4.92 Å². The lowest BCUT2D eigenvalue weighted by molar-refractivity contribution is -0.386. The molecule has 0 aliphatic carbocycles. The van der Waals surface area contributed by atoms with Gasteiger partial charge in [-0.2, -0.15) is 0 Å². The number of aromatic nitrogens is 1. The molecule has 0 amide bonds. The van der Waals surface area contributed by atoms with E-state index in [-0.39, 0.29) is 23.2 Å². The zero-order chi connectivity index (χ0) is 15.4. The Morgan fingerprint density at radius 2 is 2.05 bits per heavy atom. The molecule has 110 valence electrons. The number of methoxy groups -OCH3 is 1. The molecular weight excluding hydrogens is 319 g/mol. The van der Waals surface area contributed by atoms with Crippen molar-refractivity contribution in [3.63, 3.8) is 0 Å². The van der Waals surface area contributed by atoms with Crippen LogP contribution in [0.4, 0.5) is 5.69 Å². The quantitative estimate of drug-likeness (QED) is 0.473. The van der Waals surface area contributed by atoms with Crippen LogP contribution in [0.2, 0.25) is 10.2 Å². The van der Waals surface area contributed by atoms with Gasteiger partial charge >= 0.3 is 5.69 Å². The maximum atomic E-state index is 11.0. The van der Waals surface area contributed by atoms with Gasteiger partial charge in [-0.15, -0.1) is 0 Å². The maximum absolute atomic E-state index is 11.0. The lowest BCUT2D eigenvalue weighted by Crippen LogP contribution is -2.02. The molecule has 1 heterocycles. The molecule has 0 N–H and O–H groups in total. The molecule has 1 aromatic carbocycles. The van der Waals surface area contributed by atoms with Crippen LogP contribution in [0, 0.1) is 10.1 Å². The number of benzene rings is 1. The minimum Gasteiger partial charge on any atom is -0.496 e. The molecule has 0 radical (unpaired) electrons. The fourth-order valence-electron chi connectivity index (χ4n) is 1.59. The number of rotatable bonds is 5. The van der Waals surface area contributed by atoms with Crippen LogP contribution < -0.4 is 9.47 Å². The van der Waals surface area contributed by atoms with E-state index >= 15 is 0 Å². The number of ether oxygens (including phenoxy) is 2. The fraction of sp³-hybridized carbons (Fsp3) is 0.154. The molecule has 21 heavy (non-hydrogen) atoms. The third-order valence-electron chi connectivity index (χ3n) is 2.61. The number of pyridine rings is 1. The van der Waals surface area contributed by atoms with Gasteiger partial charge in [0.15, 0.2) is 5.75 Å². The van der Waals surface area contributed by atoms with Crippen LogP contribution in [0.15, 0.2) is 30.3 Å². The van der Waals surface area contributed by atoms with E-state index in [0.29, 0.717) is 16.5 Å². The molecule has 6 nitrogen and oxygen atoms in total. The third-order valence-corrected chi connectivity index (χ3v) is 3.17. The summed E-state index contributed by atoms with van der Waals surface area (Å²) in [4.78, 5) is 14.5. The van der Waals surface area contributed by atoms with Crippen molar-refractivity contribution < 1.29 is 14.4 Å². The summed E-state index contributed by atoms with van der Waals surface area (Å²) in [5, 5.41) is 11.7. The van der Waals surface area contributed by atoms with E-state index in [2.05, 4.69) is 4.98 Å². The third kappa shape index (κ3) is 3.74. The van der Waals surface area contributed by atoms with Crippen molar-refractivity contribution in [1.29, 1.82) is 0 Å². The van der Waals surface area contributed by atoms with Crippen molar-refractivity contribution in [2.45, 2.75) is 6.61 Å². The van der Waals surface area contributed by atoms with Crippen molar-refractivity contribution in [2.75, 3.05) is 7.11 Å². The van der Waals surface area contributed by atoms with Crippen molar-refractivity contribution in [3.05, 3.63) is 56.3 Å². The summed E-state index contributed by atoms with van der Waals surface area (Å²) >= 11 is 11.7. The first kappa shape index (κ1) is 15.3. The lowest BCUT2D eigenvalue weighted by Gasteiger charge is -2.09. The van der Waals surface area contributed by atoms with Crippen LogP contribution >= 0.6 is 23.2 Å². The maximum Gasteiger partial charge on any atom is 0.314 e. The summed E-state index contributed by atoms with van der Waals surface area (Å²) in [6.45, 7) is -0.0352. The highest BCUT2D eigenvalue weighted by atomic mass is 35.5. The Morgan fingerprint density at radius 3 is 2.71 bits per heavy atom. The van der Waals surface area contributed by atoms with Gasteiger partial charge in [0, 0.05) is 0 Å². The number of hydrogen-bond donors (Lipinski definition) is 0. The van der Waals surface area contributed by atoms with Crippen molar-refractivity contribution >= 4 is 28.9 Å². The predicted molar refractivity (Wildman–Crippen MR) is 78.2 cm³/mol. The largest absolute Gasteiger partial charge is 0.496 e. The Kier molecular flexibility index (Phi) is 4.82. The molecule has 0 atom stereocenters. The van der Waals surface area contributed by atoms with Gasteiger partial charge in [0.05, 0.1) is 28.8 Å². The lowest BCUT2D eigenvalue weighted by atomic mass is 10.3. The Hall–Kier alpha value is -2.05.